The van der Waals surface area contributed by atoms with Crippen LogP contribution in [0.15, 0.2) is 4.99 Å². The van der Waals surface area contributed by atoms with Crippen molar-refractivity contribution in [1.29, 1.82) is 0 Å². The Balaban J connectivity index is 1.81. The van der Waals surface area contributed by atoms with Crippen LogP contribution in [0, 0.1) is 17.8 Å². The molecule has 2 saturated carbocycles. The minimum atomic E-state index is 0.727. The van der Waals surface area contributed by atoms with Crippen molar-refractivity contribution in [1.82, 2.24) is 4.90 Å². The number of nitrogens with two attached hydrogens (primary N) is 1. The summed E-state index contributed by atoms with van der Waals surface area (Å²) in [7, 11) is 2.08. The Morgan fingerprint density at radius 2 is 2.19 bits per heavy atom. The van der Waals surface area contributed by atoms with Crippen molar-refractivity contribution in [2.75, 3.05) is 20.1 Å². The van der Waals surface area contributed by atoms with Crippen LogP contribution in [0.5, 0.6) is 0 Å². The van der Waals surface area contributed by atoms with Gasteiger partial charge in [0, 0.05) is 20.1 Å². The van der Waals surface area contributed by atoms with Gasteiger partial charge in [-0.1, -0.05) is 13.3 Å². The summed E-state index contributed by atoms with van der Waals surface area (Å²) in [4.78, 5) is 6.52. The Morgan fingerprint density at radius 3 is 2.75 bits per heavy atom. The lowest BCUT2D eigenvalue weighted by atomic mass is 9.88. The smallest absolute Gasteiger partial charge is 0.190 e. The third kappa shape index (κ3) is 2.50. The summed E-state index contributed by atoms with van der Waals surface area (Å²) in [6.07, 6.45) is 6.91. The highest BCUT2D eigenvalue weighted by Crippen LogP contribution is 2.48. The molecule has 16 heavy (non-hydrogen) atoms. The predicted octanol–water partition coefficient (Wildman–Crippen LogP) is 2.08. The maximum Gasteiger partial charge on any atom is 0.190 e. The lowest BCUT2D eigenvalue weighted by molar-refractivity contribution is 0.275. The minimum absolute atomic E-state index is 0.727. The van der Waals surface area contributed by atoms with E-state index in [-0.39, 0.29) is 0 Å². The van der Waals surface area contributed by atoms with E-state index in [1.807, 2.05) is 0 Å². The largest absolute Gasteiger partial charge is 0.370 e. The minimum Gasteiger partial charge on any atom is -0.370 e. The highest BCUT2D eigenvalue weighted by molar-refractivity contribution is 5.77. The number of hydrogen-bond donors (Lipinski definition) is 1. The van der Waals surface area contributed by atoms with Gasteiger partial charge in [-0.25, -0.2) is 0 Å². The van der Waals surface area contributed by atoms with Crippen LogP contribution in [-0.2, 0) is 0 Å². The molecule has 92 valence electrons. The molecule has 0 radical (unpaired) electrons. The van der Waals surface area contributed by atoms with Gasteiger partial charge in [0.25, 0.3) is 0 Å². The Kier molecular flexibility index (Phi) is 3.72. The third-order valence-electron chi connectivity index (χ3n) is 4.28. The van der Waals surface area contributed by atoms with Crippen LogP contribution < -0.4 is 5.73 Å². The lowest BCUT2D eigenvalue weighted by Crippen LogP contribution is -2.38. The molecule has 0 saturated heterocycles. The van der Waals surface area contributed by atoms with Gasteiger partial charge in [-0.15, -0.1) is 0 Å². The molecular formula is C13H25N3. The standard InChI is InChI=1S/C13H25N3/c1-3-6-15-13(14)16(2)9-12-8-10-4-5-11(12)7-10/h10-12H,3-9H2,1-2H3,(H2,14,15). The van der Waals surface area contributed by atoms with Crippen LogP contribution in [-0.4, -0.2) is 31.0 Å². The molecule has 0 spiro atoms. The van der Waals surface area contributed by atoms with Crippen LogP contribution in [0.25, 0.3) is 0 Å². The first-order valence-corrected chi connectivity index (χ1v) is 6.71. The molecule has 0 heterocycles. The van der Waals surface area contributed by atoms with Gasteiger partial charge in [0.05, 0.1) is 0 Å². The van der Waals surface area contributed by atoms with Crippen LogP contribution >= 0.6 is 0 Å². The number of aliphatic imine (C=N–C) groups is 1. The molecule has 3 nitrogen and oxygen atoms in total. The van der Waals surface area contributed by atoms with Gasteiger partial charge >= 0.3 is 0 Å². The Bertz CT molecular complexity index is 262. The van der Waals surface area contributed by atoms with Gasteiger partial charge in [0.1, 0.15) is 0 Å². The van der Waals surface area contributed by atoms with Gasteiger partial charge in [-0.05, 0) is 43.4 Å². The third-order valence-corrected chi connectivity index (χ3v) is 4.28. The maximum absolute atomic E-state index is 5.96. The van der Waals surface area contributed by atoms with E-state index in [1.54, 1.807) is 0 Å². The number of rotatable bonds is 4. The molecule has 2 aliphatic rings. The summed E-state index contributed by atoms with van der Waals surface area (Å²) < 4.78 is 0. The molecule has 0 aliphatic heterocycles. The van der Waals surface area contributed by atoms with Crippen molar-refractivity contribution in [3.63, 3.8) is 0 Å². The van der Waals surface area contributed by atoms with Crippen molar-refractivity contribution < 1.29 is 0 Å². The summed E-state index contributed by atoms with van der Waals surface area (Å²) in [5.74, 6) is 3.60. The van der Waals surface area contributed by atoms with Crippen molar-refractivity contribution in [2.24, 2.45) is 28.5 Å². The Hall–Kier alpha value is -0.730. The molecule has 3 atom stereocenters. The second kappa shape index (κ2) is 5.07. The number of fused-ring (bicyclic) bond motifs is 2. The van der Waals surface area contributed by atoms with E-state index in [4.69, 9.17) is 5.73 Å². The number of nitrogens with zero attached hydrogens (tertiary/aromatic N) is 2. The zero-order valence-electron chi connectivity index (χ0n) is 10.7. The van der Waals surface area contributed by atoms with Gasteiger partial charge in [0.15, 0.2) is 5.96 Å². The van der Waals surface area contributed by atoms with Gasteiger partial charge in [-0.3, -0.25) is 4.99 Å². The van der Waals surface area contributed by atoms with Gasteiger partial charge in [0.2, 0.25) is 0 Å². The fourth-order valence-corrected chi connectivity index (χ4v) is 3.39. The summed E-state index contributed by atoms with van der Waals surface area (Å²) in [6.45, 7) is 4.10. The quantitative estimate of drug-likeness (QED) is 0.585. The molecule has 3 heteroatoms. The lowest BCUT2D eigenvalue weighted by Gasteiger charge is -2.27. The second-order valence-electron chi connectivity index (χ2n) is 5.56. The first kappa shape index (κ1) is 11.7. The molecule has 2 aliphatic carbocycles. The molecule has 2 N–H and O–H groups in total. The number of guanidine groups is 1. The van der Waals surface area contributed by atoms with Crippen molar-refractivity contribution >= 4 is 5.96 Å². The highest BCUT2D eigenvalue weighted by atomic mass is 15.2. The molecule has 2 rings (SSSR count). The monoisotopic (exact) mass is 223 g/mol. The summed E-state index contributed by atoms with van der Waals surface area (Å²) in [5, 5.41) is 0. The van der Waals surface area contributed by atoms with Crippen molar-refractivity contribution in [3.05, 3.63) is 0 Å². The van der Waals surface area contributed by atoms with E-state index >= 15 is 0 Å². The molecular weight excluding hydrogens is 198 g/mol. The Morgan fingerprint density at radius 1 is 1.38 bits per heavy atom. The van der Waals surface area contributed by atoms with Crippen LogP contribution in [0.4, 0.5) is 0 Å². The SMILES string of the molecule is CCCN=C(N)N(C)CC1CC2CCC1C2. The zero-order chi connectivity index (χ0) is 11.5. The normalized spacial score (nSPS) is 33.4. The molecule has 2 fully saturated rings. The van der Waals surface area contributed by atoms with E-state index in [1.165, 1.54) is 25.7 Å². The number of hydrogen-bond acceptors (Lipinski definition) is 1. The molecule has 0 amide bonds. The topological polar surface area (TPSA) is 41.6 Å². The molecule has 2 bridgehead atoms. The van der Waals surface area contributed by atoms with Crippen LogP contribution in [0.1, 0.15) is 39.0 Å². The molecule has 0 aromatic rings. The van der Waals surface area contributed by atoms with E-state index in [9.17, 15) is 0 Å². The summed E-state index contributed by atoms with van der Waals surface area (Å²) in [5.41, 5.74) is 5.96. The van der Waals surface area contributed by atoms with E-state index in [0.29, 0.717) is 0 Å². The molecule has 0 aromatic carbocycles. The Labute approximate surface area is 99.1 Å². The second-order valence-corrected chi connectivity index (χ2v) is 5.56. The highest BCUT2D eigenvalue weighted by Gasteiger charge is 2.39. The van der Waals surface area contributed by atoms with E-state index in [2.05, 4.69) is 23.9 Å². The average Bonchev–Trinajstić information content (AvgIpc) is 2.87. The maximum atomic E-state index is 5.96. The van der Waals surface area contributed by atoms with E-state index in [0.717, 1.165) is 43.2 Å². The molecule has 0 aromatic heterocycles. The van der Waals surface area contributed by atoms with E-state index < -0.39 is 0 Å². The molecule has 3 unspecified atom stereocenters. The first-order chi connectivity index (χ1) is 7.70. The fraction of sp³-hybridized carbons (Fsp3) is 0.923. The summed E-state index contributed by atoms with van der Waals surface area (Å²) in [6, 6.07) is 0. The fourth-order valence-electron chi connectivity index (χ4n) is 3.39. The van der Waals surface area contributed by atoms with Crippen molar-refractivity contribution in [2.45, 2.75) is 39.0 Å². The van der Waals surface area contributed by atoms with Crippen LogP contribution in [0.2, 0.25) is 0 Å². The van der Waals surface area contributed by atoms with Gasteiger partial charge < -0.3 is 10.6 Å². The zero-order valence-corrected chi connectivity index (χ0v) is 10.7. The average molecular weight is 223 g/mol. The predicted molar refractivity (Wildman–Crippen MR) is 68.3 cm³/mol. The first-order valence-electron chi connectivity index (χ1n) is 6.71. The van der Waals surface area contributed by atoms with Crippen LogP contribution in [0.3, 0.4) is 0 Å². The van der Waals surface area contributed by atoms with Gasteiger partial charge in [-0.2, -0.15) is 0 Å². The van der Waals surface area contributed by atoms with Crippen molar-refractivity contribution in [3.8, 4) is 0 Å². The summed E-state index contributed by atoms with van der Waals surface area (Å²) >= 11 is 0.